The van der Waals surface area contributed by atoms with Gasteiger partial charge in [0.05, 0.1) is 18.2 Å². The minimum absolute atomic E-state index is 0.124. The van der Waals surface area contributed by atoms with Crippen molar-refractivity contribution in [2.75, 3.05) is 33.4 Å². The third-order valence-corrected chi connectivity index (χ3v) is 2.69. The number of nitrogens with one attached hydrogen (secondary N) is 1. The molecular formula is C10H22N2O2. The highest BCUT2D eigenvalue weighted by atomic mass is 16.5. The van der Waals surface area contributed by atoms with Gasteiger partial charge >= 0.3 is 0 Å². The van der Waals surface area contributed by atoms with Gasteiger partial charge in [0, 0.05) is 26.8 Å². The van der Waals surface area contributed by atoms with Crippen molar-refractivity contribution >= 4 is 0 Å². The Morgan fingerprint density at radius 1 is 1.64 bits per heavy atom. The zero-order valence-corrected chi connectivity index (χ0v) is 9.21. The molecule has 0 bridgehead atoms. The second-order valence-electron chi connectivity index (χ2n) is 4.21. The van der Waals surface area contributed by atoms with Crippen molar-refractivity contribution in [3.63, 3.8) is 0 Å². The van der Waals surface area contributed by atoms with Crippen molar-refractivity contribution in [1.29, 1.82) is 0 Å². The molecule has 3 N–H and O–H groups in total. The monoisotopic (exact) mass is 202 g/mol. The van der Waals surface area contributed by atoms with Crippen molar-refractivity contribution in [2.45, 2.75) is 31.4 Å². The number of methoxy groups -OCH3 is 1. The van der Waals surface area contributed by atoms with Gasteiger partial charge in [0.25, 0.3) is 0 Å². The van der Waals surface area contributed by atoms with E-state index in [1.54, 1.807) is 7.11 Å². The summed E-state index contributed by atoms with van der Waals surface area (Å²) in [6, 6.07) is 0. The van der Waals surface area contributed by atoms with E-state index in [-0.39, 0.29) is 5.54 Å². The molecule has 0 amide bonds. The Kier molecular flexibility index (Phi) is 4.81. The van der Waals surface area contributed by atoms with Crippen molar-refractivity contribution in [2.24, 2.45) is 5.73 Å². The van der Waals surface area contributed by atoms with Crippen molar-refractivity contribution in [1.82, 2.24) is 5.32 Å². The van der Waals surface area contributed by atoms with E-state index < -0.39 is 0 Å². The third kappa shape index (κ3) is 3.53. The highest BCUT2D eigenvalue weighted by Gasteiger charge is 2.24. The molecule has 1 aliphatic rings. The van der Waals surface area contributed by atoms with E-state index >= 15 is 0 Å². The Morgan fingerprint density at radius 2 is 2.43 bits per heavy atom. The van der Waals surface area contributed by atoms with Gasteiger partial charge in [0.2, 0.25) is 0 Å². The van der Waals surface area contributed by atoms with Crippen LogP contribution in [0.4, 0.5) is 0 Å². The second kappa shape index (κ2) is 5.66. The van der Waals surface area contributed by atoms with E-state index in [9.17, 15) is 0 Å². The van der Waals surface area contributed by atoms with Gasteiger partial charge in [-0.05, 0) is 19.8 Å². The van der Waals surface area contributed by atoms with Crippen LogP contribution in [-0.4, -0.2) is 45.1 Å². The summed E-state index contributed by atoms with van der Waals surface area (Å²) in [5, 5.41) is 3.41. The lowest BCUT2D eigenvalue weighted by atomic mass is 10.0. The summed E-state index contributed by atoms with van der Waals surface area (Å²) in [4.78, 5) is 0. The minimum Gasteiger partial charge on any atom is -0.383 e. The number of ether oxygens (including phenoxy) is 2. The highest BCUT2D eigenvalue weighted by Crippen LogP contribution is 2.12. The maximum atomic E-state index is 5.69. The molecule has 1 fully saturated rings. The Bertz CT molecular complexity index is 160. The summed E-state index contributed by atoms with van der Waals surface area (Å²) in [6.45, 7) is 5.06. The van der Waals surface area contributed by atoms with Crippen LogP contribution in [0, 0.1) is 0 Å². The molecule has 0 aromatic rings. The van der Waals surface area contributed by atoms with Crippen LogP contribution in [0.1, 0.15) is 19.8 Å². The molecule has 2 atom stereocenters. The zero-order chi connectivity index (χ0) is 10.4. The summed E-state index contributed by atoms with van der Waals surface area (Å²) < 4.78 is 10.7. The molecule has 0 aromatic carbocycles. The van der Waals surface area contributed by atoms with Gasteiger partial charge in [-0.15, -0.1) is 0 Å². The molecule has 0 saturated carbocycles. The summed E-state index contributed by atoms with van der Waals surface area (Å²) in [6.07, 6.45) is 2.69. The standard InChI is InChI=1S/C10H22N2O2/c1-10(7-11,8-13-2)12-6-9-4-3-5-14-9/h9,12H,3-8,11H2,1-2H3. The van der Waals surface area contributed by atoms with Gasteiger partial charge < -0.3 is 20.5 Å². The van der Waals surface area contributed by atoms with E-state index in [0.717, 1.165) is 19.6 Å². The van der Waals surface area contributed by atoms with E-state index in [1.807, 2.05) is 0 Å². The molecule has 14 heavy (non-hydrogen) atoms. The molecule has 0 aliphatic carbocycles. The molecule has 0 radical (unpaired) electrons. The summed E-state index contributed by atoms with van der Waals surface area (Å²) in [7, 11) is 1.70. The Morgan fingerprint density at radius 3 is 2.93 bits per heavy atom. The fourth-order valence-electron chi connectivity index (χ4n) is 1.67. The molecule has 0 aromatic heterocycles. The zero-order valence-electron chi connectivity index (χ0n) is 9.21. The number of hydrogen-bond acceptors (Lipinski definition) is 4. The predicted molar refractivity (Wildman–Crippen MR) is 56.3 cm³/mol. The fraction of sp³-hybridized carbons (Fsp3) is 1.00. The molecule has 1 aliphatic heterocycles. The first kappa shape index (κ1) is 11.9. The number of rotatable bonds is 6. The average Bonchev–Trinajstić information content (AvgIpc) is 2.68. The molecule has 2 unspecified atom stereocenters. The molecule has 1 heterocycles. The molecule has 4 nitrogen and oxygen atoms in total. The smallest absolute Gasteiger partial charge is 0.0700 e. The van der Waals surface area contributed by atoms with Crippen LogP contribution in [0.15, 0.2) is 0 Å². The average molecular weight is 202 g/mol. The van der Waals surface area contributed by atoms with E-state index in [1.165, 1.54) is 6.42 Å². The Balaban J connectivity index is 2.25. The van der Waals surface area contributed by atoms with E-state index in [0.29, 0.717) is 19.3 Å². The molecule has 1 saturated heterocycles. The van der Waals surface area contributed by atoms with Gasteiger partial charge in [-0.2, -0.15) is 0 Å². The van der Waals surface area contributed by atoms with Crippen LogP contribution >= 0.6 is 0 Å². The van der Waals surface area contributed by atoms with E-state index in [2.05, 4.69) is 12.2 Å². The van der Waals surface area contributed by atoms with Crippen molar-refractivity contribution < 1.29 is 9.47 Å². The highest BCUT2D eigenvalue weighted by molar-refractivity contribution is 4.85. The summed E-state index contributed by atoms with van der Waals surface area (Å²) >= 11 is 0. The van der Waals surface area contributed by atoms with Crippen LogP contribution in [0.25, 0.3) is 0 Å². The topological polar surface area (TPSA) is 56.5 Å². The first-order valence-corrected chi connectivity index (χ1v) is 5.26. The Labute approximate surface area is 86.1 Å². The maximum Gasteiger partial charge on any atom is 0.0700 e. The molecule has 1 rings (SSSR count). The number of nitrogens with two attached hydrogens (primary N) is 1. The van der Waals surface area contributed by atoms with Crippen LogP contribution in [0.3, 0.4) is 0 Å². The molecule has 4 heteroatoms. The first-order valence-electron chi connectivity index (χ1n) is 5.26. The largest absolute Gasteiger partial charge is 0.383 e. The SMILES string of the molecule is COCC(C)(CN)NCC1CCCO1. The van der Waals surface area contributed by atoms with Crippen molar-refractivity contribution in [3.8, 4) is 0 Å². The lowest BCUT2D eigenvalue weighted by Gasteiger charge is -2.29. The van der Waals surface area contributed by atoms with Crippen LogP contribution in [0.5, 0.6) is 0 Å². The summed E-state index contributed by atoms with van der Waals surface area (Å²) in [5.41, 5.74) is 5.57. The van der Waals surface area contributed by atoms with E-state index in [4.69, 9.17) is 15.2 Å². The number of hydrogen-bond donors (Lipinski definition) is 2. The van der Waals surface area contributed by atoms with Crippen LogP contribution in [0.2, 0.25) is 0 Å². The predicted octanol–water partition coefficient (Wildman–Crippen LogP) is 0.119. The van der Waals surface area contributed by atoms with Gasteiger partial charge in [-0.3, -0.25) is 0 Å². The first-order chi connectivity index (χ1) is 6.70. The maximum absolute atomic E-state index is 5.69. The lowest BCUT2D eigenvalue weighted by molar-refractivity contribution is 0.0820. The van der Waals surface area contributed by atoms with Crippen LogP contribution < -0.4 is 11.1 Å². The lowest BCUT2D eigenvalue weighted by Crippen LogP contribution is -2.54. The van der Waals surface area contributed by atoms with Gasteiger partial charge in [0.1, 0.15) is 0 Å². The summed E-state index contributed by atoms with van der Waals surface area (Å²) in [5.74, 6) is 0. The molecular weight excluding hydrogens is 180 g/mol. The van der Waals surface area contributed by atoms with Gasteiger partial charge in [0.15, 0.2) is 0 Å². The Hall–Kier alpha value is -0.160. The molecule has 0 spiro atoms. The third-order valence-electron chi connectivity index (χ3n) is 2.69. The van der Waals surface area contributed by atoms with Gasteiger partial charge in [-0.1, -0.05) is 0 Å². The van der Waals surface area contributed by atoms with Gasteiger partial charge in [-0.25, -0.2) is 0 Å². The quantitative estimate of drug-likeness (QED) is 0.642. The minimum atomic E-state index is -0.124. The van der Waals surface area contributed by atoms with Crippen LogP contribution in [-0.2, 0) is 9.47 Å². The molecule has 84 valence electrons. The fourth-order valence-corrected chi connectivity index (χ4v) is 1.67. The normalized spacial score (nSPS) is 26.4. The van der Waals surface area contributed by atoms with Crippen molar-refractivity contribution in [3.05, 3.63) is 0 Å². The second-order valence-corrected chi connectivity index (χ2v) is 4.21.